The van der Waals surface area contributed by atoms with Gasteiger partial charge in [0.05, 0.1) is 51.2 Å². The number of hydroxylamine groups is 1. The van der Waals surface area contributed by atoms with Gasteiger partial charge in [-0.2, -0.15) is 10.6 Å². The third kappa shape index (κ3) is 5.89. The highest BCUT2D eigenvalue weighted by Crippen LogP contribution is 2.30. The lowest BCUT2D eigenvalue weighted by Gasteiger charge is -2.25. The monoisotopic (exact) mass is 414 g/mol. The smallest absolute Gasteiger partial charge is 0.317 e. The molecule has 0 aliphatic carbocycles. The van der Waals surface area contributed by atoms with E-state index in [4.69, 9.17) is 14.7 Å². The van der Waals surface area contributed by atoms with Crippen molar-refractivity contribution in [2.45, 2.75) is 31.4 Å². The second kappa shape index (κ2) is 10.2. The molecular weight excluding hydrogens is 384 g/mol. The molecule has 4 rings (SSSR count). The number of hydrogen-bond acceptors (Lipinski definition) is 7. The van der Waals surface area contributed by atoms with Crippen LogP contribution in [0.15, 0.2) is 41.0 Å². The number of carbonyl (C=O) groups is 1. The molecule has 1 aromatic carbocycles. The summed E-state index contributed by atoms with van der Waals surface area (Å²) in [7, 11) is 0. The third-order valence-corrected chi connectivity index (χ3v) is 5.81. The van der Waals surface area contributed by atoms with Crippen LogP contribution in [0.5, 0.6) is 0 Å². The van der Waals surface area contributed by atoms with Gasteiger partial charge in [-0.05, 0) is 30.4 Å². The molecule has 3 heterocycles. The zero-order valence-electron chi connectivity index (χ0n) is 17.2. The van der Waals surface area contributed by atoms with Crippen LogP contribution < -0.4 is 5.48 Å². The summed E-state index contributed by atoms with van der Waals surface area (Å²) in [5.74, 6) is -0.767. The number of nitrogens with one attached hydrogen (secondary N) is 1. The average molecular weight is 415 g/mol. The second-order valence-electron chi connectivity index (χ2n) is 8.07. The van der Waals surface area contributed by atoms with Crippen LogP contribution in [0.3, 0.4) is 0 Å². The number of hydrazone groups is 1. The van der Waals surface area contributed by atoms with E-state index in [1.807, 2.05) is 16.1 Å². The Bertz CT molecular complexity index is 774. The molecule has 0 bridgehead atoms. The Kier molecular flexibility index (Phi) is 7.11. The molecule has 3 aliphatic rings. The summed E-state index contributed by atoms with van der Waals surface area (Å²) in [6, 6.07) is 8.64. The fraction of sp³-hybridized carbons (Fsp3) is 0.545. The summed E-state index contributed by atoms with van der Waals surface area (Å²) in [5, 5.41) is 15.5. The first-order valence-electron chi connectivity index (χ1n) is 10.7. The van der Waals surface area contributed by atoms with Crippen molar-refractivity contribution in [2.75, 3.05) is 45.9 Å². The summed E-state index contributed by atoms with van der Waals surface area (Å²) >= 11 is 0. The molecule has 0 aromatic heterocycles. The van der Waals surface area contributed by atoms with Crippen LogP contribution >= 0.6 is 0 Å². The lowest BCUT2D eigenvalue weighted by Crippen LogP contribution is -2.34. The molecule has 8 nitrogen and oxygen atoms in total. The first-order valence-corrected chi connectivity index (χ1v) is 10.7. The predicted octanol–water partition coefficient (Wildman–Crippen LogP) is 1.79. The highest BCUT2D eigenvalue weighted by atomic mass is 16.7. The van der Waals surface area contributed by atoms with Crippen LogP contribution in [-0.2, 0) is 14.4 Å². The molecule has 0 amide bonds. The number of aliphatic carboxylic acids is 1. The number of morpholine rings is 1. The van der Waals surface area contributed by atoms with E-state index in [-0.39, 0.29) is 18.7 Å². The van der Waals surface area contributed by atoms with Crippen molar-refractivity contribution in [3.63, 3.8) is 0 Å². The highest BCUT2D eigenvalue weighted by molar-refractivity contribution is 5.79. The SMILES string of the molecule is O=C(O)CN1CC=C(CC2CC(c3ccc(C=NN4CCOCC4)cc3)NO2)CC1. The Balaban J connectivity index is 1.25. The molecule has 2 atom stereocenters. The van der Waals surface area contributed by atoms with Crippen molar-refractivity contribution in [3.8, 4) is 0 Å². The largest absolute Gasteiger partial charge is 0.480 e. The van der Waals surface area contributed by atoms with Gasteiger partial charge in [-0.15, -0.1) is 0 Å². The van der Waals surface area contributed by atoms with E-state index < -0.39 is 5.97 Å². The maximum atomic E-state index is 10.8. The summed E-state index contributed by atoms with van der Waals surface area (Å²) in [6.45, 7) is 4.78. The molecule has 0 spiro atoms. The van der Waals surface area contributed by atoms with E-state index in [9.17, 15) is 4.79 Å². The van der Waals surface area contributed by atoms with E-state index in [0.29, 0.717) is 6.54 Å². The minimum Gasteiger partial charge on any atom is -0.480 e. The number of carboxylic acid groups (broad SMARTS) is 1. The van der Waals surface area contributed by atoms with Gasteiger partial charge in [0.25, 0.3) is 0 Å². The van der Waals surface area contributed by atoms with Crippen LogP contribution in [0.1, 0.15) is 36.4 Å². The molecule has 30 heavy (non-hydrogen) atoms. The number of carboxylic acids is 1. The van der Waals surface area contributed by atoms with E-state index >= 15 is 0 Å². The molecule has 2 N–H and O–H groups in total. The van der Waals surface area contributed by atoms with Crippen molar-refractivity contribution in [1.29, 1.82) is 0 Å². The van der Waals surface area contributed by atoms with Crippen LogP contribution in [-0.4, -0.2) is 79.2 Å². The Labute approximate surface area is 177 Å². The van der Waals surface area contributed by atoms with Crippen LogP contribution in [0.2, 0.25) is 0 Å². The highest BCUT2D eigenvalue weighted by Gasteiger charge is 2.28. The van der Waals surface area contributed by atoms with Crippen molar-refractivity contribution in [3.05, 3.63) is 47.0 Å². The number of rotatable bonds is 7. The predicted molar refractivity (Wildman–Crippen MR) is 113 cm³/mol. The Morgan fingerprint density at radius 1 is 1.23 bits per heavy atom. The molecule has 1 aromatic rings. The lowest BCUT2D eigenvalue weighted by atomic mass is 9.95. The van der Waals surface area contributed by atoms with Crippen LogP contribution in [0.25, 0.3) is 0 Å². The van der Waals surface area contributed by atoms with Gasteiger partial charge in [-0.1, -0.05) is 35.9 Å². The van der Waals surface area contributed by atoms with E-state index in [1.165, 1.54) is 11.1 Å². The summed E-state index contributed by atoms with van der Waals surface area (Å²) in [5.41, 5.74) is 6.84. The minimum atomic E-state index is -0.767. The second-order valence-corrected chi connectivity index (χ2v) is 8.07. The Hall–Kier alpha value is -2.26. The quantitative estimate of drug-likeness (QED) is 0.520. The summed E-state index contributed by atoms with van der Waals surface area (Å²) < 4.78 is 5.34. The Morgan fingerprint density at radius 2 is 2.03 bits per heavy atom. The third-order valence-electron chi connectivity index (χ3n) is 5.81. The van der Waals surface area contributed by atoms with Crippen LogP contribution in [0, 0.1) is 0 Å². The van der Waals surface area contributed by atoms with Gasteiger partial charge in [-0.25, -0.2) is 0 Å². The zero-order valence-corrected chi connectivity index (χ0v) is 17.2. The molecule has 0 radical (unpaired) electrons. The molecular formula is C22H30N4O4. The van der Waals surface area contributed by atoms with Gasteiger partial charge < -0.3 is 9.84 Å². The fourth-order valence-electron chi connectivity index (χ4n) is 4.06. The maximum absolute atomic E-state index is 10.8. The minimum absolute atomic E-state index is 0.112. The first-order chi connectivity index (χ1) is 14.7. The average Bonchev–Trinajstić information content (AvgIpc) is 3.23. The zero-order chi connectivity index (χ0) is 20.8. The van der Waals surface area contributed by atoms with Crippen molar-refractivity contribution in [2.24, 2.45) is 5.10 Å². The van der Waals surface area contributed by atoms with E-state index in [2.05, 4.69) is 40.9 Å². The maximum Gasteiger partial charge on any atom is 0.317 e. The van der Waals surface area contributed by atoms with Gasteiger partial charge in [0.1, 0.15) is 0 Å². The number of nitrogens with zero attached hydrogens (tertiary/aromatic N) is 3. The molecule has 2 unspecified atom stereocenters. The molecule has 2 saturated heterocycles. The first kappa shape index (κ1) is 21.0. The Morgan fingerprint density at radius 3 is 2.73 bits per heavy atom. The number of benzene rings is 1. The normalized spacial score (nSPS) is 25.6. The van der Waals surface area contributed by atoms with Gasteiger partial charge in [0.2, 0.25) is 0 Å². The van der Waals surface area contributed by atoms with Crippen molar-refractivity contribution >= 4 is 12.2 Å². The number of ether oxygens (including phenoxy) is 1. The van der Waals surface area contributed by atoms with Crippen molar-refractivity contribution < 1.29 is 19.5 Å². The topological polar surface area (TPSA) is 86.6 Å². The summed E-state index contributed by atoms with van der Waals surface area (Å²) in [6.07, 6.45) is 6.95. The van der Waals surface area contributed by atoms with Crippen LogP contribution in [0.4, 0.5) is 0 Å². The van der Waals surface area contributed by atoms with Gasteiger partial charge in [0, 0.05) is 13.1 Å². The molecule has 0 saturated carbocycles. The van der Waals surface area contributed by atoms with Gasteiger partial charge >= 0.3 is 5.97 Å². The molecule has 162 valence electrons. The fourth-order valence-corrected chi connectivity index (χ4v) is 4.06. The molecule has 3 aliphatic heterocycles. The lowest BCUT2D eigenvalue weighted by molar-refractivity contribution is -0.138. The van der Waals surface area contributed by atoms with Gasteiger partial charge in [0.15, 0.2) is 0 Å². The van der Waals surface area contributed by atoms with E-state index in [0.717, 1.165) is 57.7 Å². The number of hydrogen-bond donors (Lipinski definition) is 2. The summed E-state index contributed by atoms with van der Waals surface area (Å²) in [4.78, 5) is 18.6. The van der Waals surface area contributed by atoms with E-state index in [1.54, 1.807) is 0 Å². The van der Waals surface area contributed by atoms with Gasteiger partial charge in [-0.3, -0.25) is 19.5 Å². The molecule has 8 heteroatoms. The standard InChI is InChI=1S/C22H30N4O4/c27-22(28)16-25-7-5-17(6-8-25)13-20-14-21(24-30-20)19-3-1-18(2-4-19)15-23-26-9-11-29-12-10-26/h1-5,15,20-21,24H,6-14,16H2,(H,27,28). The van der Waals surface area contributed by atoms with Crippen molar-refractivity contribution in [1.82, 2.24) is 15.4 Å². The molecule has 2 fully saturated rings.